The summed E-state index contributed by atoms with van der Waals surface area (Å²) in [6, 6.07) is -0.361. The first kappa shape index (κ1) is 37.4. The number of rotatable bonds is 5. The van der Waals surface area contributed by atoms with Crippen molar-refractivity contribution in [3.05, 3.63) is 0 Å². The van der Waals surface area contributed by atoms with Gasteiger partial charge in [-0.25, -0.2) is 9.59 Å². The number of carbonyl (C=O) groups is 4. The van der Waals surface area contributed by atoms with Gasteiger partial charge in [-0.1, -0.05) is 32.9 Å². The van der Waals surface area contributed by atoms with Crippen LogP contribution in [0.1, 0.15) is 74.7 Å². The summed E-state index contributed by atoms with van der Waals surface area (Å²) in [5.74, 6) is -5.45. The fraction of sp³-hybridized carbons (Fsp3) is 0.839. The molecule has 0 aromatic heterocycles. The summed E-state index contributed by atoms with van der Waals surface area (Å²) in [4.78, 5) is 54.3. The van der Waals surface area contributed by atoms with Crippen LogP contribution < -0.4 is 5.73 Å². The molecule has 3 saturated heterocycles. The van der Waals surface area contributed by atoms with Crippen LogP contribution in [0.5, 0.6) is 0 Å². The number of fused-ring (bicyclic) bond motifs is 1. The minimum absolute atomic E-state index is 0.105. The molecule has 0 radical (unpaired) electrons. The molecular formula is C31H51N3O12. The van der Waals surface area contributed by atoms with Crippen LogP contribution in [-0.2, 0) is 38.0 Å². The lowest BCUT2D eigenvalue weighted by Crippen LogP contribution is -2.60. The van der Waals surface area contributed by atoms with E-state index in [2.05, 4.69) is 5.16 Å². The number of oxime groups is 1. The third-order valence-corrected chi connectivity index (χ3v) is 9.79. The first-order chi connectivity index (χ1) is 21.3. The van der Waals surface area contributed by atoms with Gasteiger partial charge < -0.3 is 49.4 Å². The lowest BCUT2D eigenvalue weighted by molar-refractivity contribution is -0.292. The van der Waals surface area contributed by atoms with E-state index in [4.69, 9.17) is 34.2 Å². The van der Waals surface area contributed by atoms with Gasteiger partial charge in [0.05, 0.1) is 11.8 Å². The zero-order valence-corrected chi connectivity index (χ0v) is 28.4. The molecule has 0 aromatic carbocycles. The normalized spacial score (nSPS) is 43.7. The van der Waals surface area contributed by atoms with Gasteiger partial charge in [-0.2, -0.15) is 0 Å². The molecule has 1 amide bonds. The van der Waals surface area contributed by atoms with Gasteiger partial charge in [-0.3, -0.25) is 9.59 Å². The Morgan fingerprint density at radius 2 is 1.72 bits per heavy atom. The van der Waals surface area contributed by atoms with Crippen molar-refractivity contribution in [2.45, 2.75) is 129 Å². The standard InChI is InChI=1S/C31H51N3O12/c1-11-20-31(8)25(44-29(39)46-31)16(4)21(33-40)14(2)13-30(7,45-28(32)38)24(17(5)22(35)18(6)26(37)42-20)43-27-23(36)19(34(9)10)12-15(3)41-27/h14-20,23-25,27,36,40H,11-13H2,1-10H3,(H2,32,38)/b33-21+/t14-,15-,16+,17+,18-,19+,20-,23-,24-,25-,27+,30+,31-/m1/s1. The average Bonchev–Trinajstić information content (AvgIpc) is 3.28. The number of aliphatic hydroxyl groups is 1. The number of hydrogen-bond acceptors (Lipinski definition) is 14. The van der Waals surface area contributed by atoms with E-state index in [0.29, 0.717) is 6.42 Å². The highest BCUT2D eigenvalue weighted by atomic mass is 16.8. The number of esters is 1. The van der Waals surface area contributed by atoms with Crippen LogP contribution in [0, 0.1) is 23.7 Å². The number of carbonyl (C=O) groups excluding carboxylic acids is 4. The van der Waals surface area contributed by atoms with Gasteiger partial charge in [-0.15, -0.1) is 0 Å². The van der Waals surface area contributed by atoms with Crippen molar-refractivity contribution in [3.8, 4) is 0 Å². The predicted molar refractivity (Wildman–Crippen MR) is 162 cm³/mol. The van der Waals surface area contributed by atoms with Crippen molar-refractivity contribution in [3.63, 3.8) is 0 Å². The maximum Gasteiger partial charge on any atom is 0.509 e. The van der Waals surface area contributed by atoms with E-state index in [1.54, 1.807) is 27.7 Å². The molecule has 3 fully saturated rings. The molecule has 3 heterocycles. The van der Waals surface area contributed by atoms with Crippen LogP contribution in [-0.4, -0.2) is 113 Å². The Morgan fingerprint density at radius 1 is 1.09 bits per heavy atom. The first-order valence-corrected chi connectivity index (χ1v) is 15.8. The topological polar surface area (TPSA) is 206 Å². The summed E-state index contributed by atoms with van der Waals surface area (Å²) in [6.45, 7) is 12.9. The Hall–Kier alpha value is -3.01. The van der Waals surface area contributed by atoms with Gasteiger partial charge >= 0.3 is 18.2 Å². The number of ether oxygens (including phenoxy) is 6. The number of nitrogens with zero attached hydrogens (tertiary/aromatic N) is 2. The lowest BCUT2D eigenvalue weighted by Gasteiger charge is -2.47. The van der Waals surface area contributed by atoms with Crippen molar-refractivity contribution in [2.24, 2.45) is 34.6 Å². The summed E-state index contributed by atoms with van der Waals surface area (Å²) in [6.07, 6.45) is -7.72. The van der Waals surface area contributed by atoms with E-state index in [1.165, 1.54) is 20.8 Å². The number of primary amides is 1. The average molecular weight is 658 g/mol. The van der Waals surface area contributed by atoms with Crippen molar-refractivity contribution in [1.29, 1.82) is 0 Å². The molecule has 46 heavy (non-hydrogen) atoms. The monoisotopic (exact) mass is 657 g/mol. The highest BCUT2D eigenvalue weighted by Gasteiger charge is 2.59. The third-order valence-electron chi connectivity index (χ3n) is 9.79. The van der Waals surface area contributed by atoms with Crippen molar-refractivity contribution < 1.29 is 57.9 Å². The number of Topliss-reactive ketones (excluding diaryl/α,β-unsaturated/α-hetero) is 1. The molecular weight excluding hydrogens is 606 g/mol. The molecule has 3 aliphatic heterocycles. The largest absolute Gasteiger partial charge is 0.509 e. The molecule has 15 heteroatoms. The maximum absolute atomic E-state index is 14.0. The Balaban J connectivity index is 2.19. The molecule has 0 aliphatic carbocycles. The fourth-order valence-electron chi connectivity index (χ4n) is 7.38. The van der Waals surface area contributed by atoms with E-state index in [0.717, 1.165) is 0 Å². The quantitative estimate of drug-likeness (QED) is 0.128. The molecule has 3 aliphatic rings. The molecule has 0 aromatic rings. The number of hydrogen-bond donors (Lipinski definition) is 3. The van der Waals surface area contributed by atoms with Gasteiger partial charge in [0.2, 0.25) is 0 Å². The smallest absolute Gasteiger partial charge is 0.457 e. The number of nitrogens with two attached hydrogens (primary N) is 1. The van der Waals surface area contributed by atoms with E-state index >= 15 is 0 Å². The number of amides is 1. The van der Waals surface area contributed by atoms with E-state index in [-0.39, 0.29) is 30.7 Å². The SMILES string of the molecule is CC[C@H]1OC(=O)[C@H](C)C(=O)[C@H](C)[C@@H](O[C@@H]2O[C@H](C)C[C@H](N(C)C)[C@H]2O)[C@@](C)(OC(N)=O)C[C@@H](C)/C(=N\O)[C@H](C)[C@H]2OC(=O)O[C@@]21C. The zero-order chi connectivity index (χ0) is 34.9. The second-order valence-electron chi connectivity index (χ2n) is 13.6. The second-order valence-corrected chi connectivity index (χ2v) is 13.6. The van der Waals surface area contributed by atoms with E-state index < -0.39 is 89.6 Å². The predicted octanol–water partition coefficient (Wildman–Crippen LogP) is 2.61. The van der Waals surface area contributed by atoms with Crippen LogP contribution in [0.15, 0.2) is 5.16 Å². The molecule has 0 bridgehead atoms. The Morgan fingerprint density at radius 3 is 2.26 bits per heavy atom. The molecule has 262 valence electrons. The van der Waals surface area contributed by atoms with Gasteiger partial charge in [0, 0.05) is 23.8 Å². The molecule has 4 N–H and O–H groups in total. The number of cyclic esters (lactones) is 1. The van der Waals surface area contributed by atoms with Crippen LogP contribution in [0.3, 0.4) is 0 Å². The Kier molecular flexibility index (Phi) is 11.7. The van der Waals surface area contributed by atoms with E-state index in [1.807, 2.05) is 25.9 Å². The van der Waals surface area contributed by atoms with Crippen molar-refractivity contribution >= 4 is 29.7 Å². The van der Waals surface area contributed by atoms with Gasteiger partial charge in [-0.05, 0) is 61.1 Å². The zero-order valence-electron chi connectivity index (χ0n) is 28.4. The molecule has 13 atom stereocenters. The Bertz CT molecular complexity index is 1180. The second kappa shape index (κ2) is 14.4. The van der Waals surface area contributed by atoms with Crippen LogP contribution in [0.2, 0.25) is 0 Å². The van der Waals surface area contributed by atoms with Gasteiger partial charge in [0.15, 0.2) is 23.8 Å². The van der Waals surface area contributed by atoms with Crippen molar-refractivity contribution in [2.75, 3.05) is 14.1 Å². The number of aliphatic hydroxyl groups excluding tert-OH is 1. The molecule has 0 saturated carbocycles. The van der Waals surface area contributed by atoms with Crippen molar-refractivity contribution in [1.82, 2.24) is 4.90 Å². The minimum Gasteiger partial charge on any atom is -0.457 e. The summed E-state index contributed by atoms with van der Waals surface area (Å²) >= 11 is 0. The third kappa shape index (κ3) is 7.42. The van der Waals surface area contributed by atoms with Crippen LogP contribution >= 0.6 is 0 Å². The van der Waals surface area contributed by atoms with E-state index in [9.17, 15) is 29.5 Å². The summed E-state index contributed by atoms with van der Waals surface area (Å²) in [5, 5.41) is 25.1. The maximum atomic E-state index is 14.0. The molecule has 3 rings (SSSR count). The Labute approximate surface area is 270 Å². The summed E-state index contributed by atoms with van der Waals surface area (Å²) < 4.78 is 35.1. The minimum atomic E-state index is -1.71. The van der Waals surface area contributed by atoms with Gasteiger partial charge in [0.25, 0.3) is 0 Å². The lowest BCUT2D eigenvalue weighted by atomic mass is 9.74. The first-order valence-electron chi connectivity index (χ1n) is 15.8. The molecule has 15 nitrogen and oxygen atoms in total. The summed E-state index contributed by atoms with van der Waals surface area (Å²) in [7, 11) is 3.62. The summed E-state index contributed by atoms with van der Waals surface area (Å²) in [5.41, 5.74) is 2.50. The highest BCUT2D eigenvalue weighted by Crippen LogP contribution is 2.42. The van der Waals surface area contributed by atoms with Crippen LogP contribution in [0.25, 0.3) is 0 Å². The van der Waals surface area contributed by atoms with Gasteiger partial charge in [0.1, 0.15) is 29.8 Å². The highest BCUT2D eigenvalue weighted by molar-refractivity contribution is 6.00. The fourth-order valence-corrected chi connectivity index (χ4v) is 7.38. The van der Waals surface area contributed by atoms with Crippen LogP contribution in [0.4, 0.5) is 9.59 Å². The molecule has 0 spiro atoms. The number of ketones is 1. The molecule has 0 unspecified atom stereocenters. The number of likely N-dealkylation sites (N-methyl/N-ethyl adjacent to an activating group) is 1.